The van der Waals surface area contributed by atoms with Crippen molar-refractivity contribution in [3.05, 3.63) is 47.7 Å². The smallest absolute Gasteiger partial charge is 0.258 e. The molecule has 144 valence electrons. The van der Waals surface area contributed by atoms with Crippen LogP contribution in [-0.2, 0) is 10.0 Å². The van der Waals surface area contributed by atoms with Crippen molar-refractivity contribution in [2.24, 2.45) is 0 Å². The Balaban J connectivity index is 1.88. The summed E-state index contributed by atoms with van der Waals surface area (Å²) in [4.78, 5) is 17.1. The van der Waals surface area contributed by atoms with Crippen molar-refractivity contribution in [1.82, 2.24) is 9.29 Å². The average molecular weight is 406 g/mol. The van der Waals surface area contributed by atoms with E-state index in [0.717, 1.165) is 24.8 Å². The van der Waals surface area contributed by atoms with Crippen LogP contribution in [-0.4, -0.2) is 43.0 Å². The third-order valence-electron chi connectivity index (χ3n) is 4.62. The molecule has 0 atom stereocenters. The fraction of sp³-hybridized carbons (Fsp3) is 0.368. The molecule has 0 spiro atoms. The second-order valence-electron chi connectivity index (χ2n) is 6.46. The maximum Gasteiger partial charge on any atom is 0.258 e. The van der Waals surface area contributed by atoms with Gasteiger partial charge in [-0.3, -0.25) is 4.79 Å². The summed E-state index contributed by atoms with van der Waals surface area (Å²) in [6, 6.07) is 8.29. The van der Waals surface area contributed by atoms with Crippen LogP contribution in [0.4, 0.5) is 5.69 Å². The van der Waals surface area contributed by atoms with Gasteiger partial charge in [0.15, 0.2) is 0 Å². The summed E-state index contributed by atoms with van der Waals surface area (Å²) in [7, 11) is -3.55. The second kappa shape index (κ2) is 8.41. The molecule has 0 saturated carbocycles. The predicted molar refractivity (Wildman–Crippen MR) is 108 cm³/mol. The summed E-state index contributed by atoms with van der Waals surface area (Å²) >= 11 is 1.39. The molecule has 3 rings (SSSR count). The van der Waals surface area contributed by atoms with Gasteiger partial charge in [-0.1, -0.05) is 12.5 Å². The highest BCUT2D eigenvalue weighted by Gasteiger charge is 2.26. The van der Waals surface area contributed by atoms with E-state index in [4.69, 9.17) is 0 Å². The number of nitrogens with zero attached hydrogens (tertiary/aromatic N) is 2. The van der Waals surface area contributed by atoms with E-state index in [9.17, 15) is 13.2 Å². The molecule has 2 aromatic rings. The first-order valence-corrected chi connectivity index (χ1v) is 11.5. The monoisotopic (exact) mass is 405 g/mol. The summed E-state index contributed by atoms with van der Waals surface area (Å²) in [5.41, 5.74) is 1.76. The third-order valence-corrected chi connectivity index (χ3v) is 7.23. The number of hydrogen-bond donors (Lipinski definition) is 1. The van der Waals surface area contributed by atoms with E-state index in [0.29, 0.717) is 29.4 Å². The lowest BCUT2D eigenvalue weighted by atomic mass is 10.2. The van der Waals surface area contributed by atoms with Gasteiger partial charge >= 0.3 is 0 Å². The zero-order valence-electron chi connectivity index (χ0n) is 15.4. The van der Waals surface area contributed by atoms with Crippen molar-refractivity contribution in [2.45, 2.75) is 36.1 Å². The molecular formula is C19H23N3O3S2. The average Bonchev–Trinajstić information content (AvgIpc) is 2.70. The number of rotatable bonds is 5. The van der Waals surface area contributed by atoms with Crippen LogP contribution in [0.2, 0.25) is 0 Å². The summed E-state index contributed by atoms with van der Waals surface area (Å²) in [6.07, 6.45) is 6.32. The van der Waals surface area contributed by atoms with Crippen molar-refractivity contribution in [3.63, 3.8) is 0 Å². The molecular weight excluding hydrogens is 382 g/mol. The standard InChI is InChI=1S/C19H23N3O3S2/c1-14-8-9-15(27(24,25)22-11-4-3-5-12-22)13-17(14)21-18(23)16-7-6-10-20-19(16)26-2/h6-10,13H,3-5,11-12H2,1-2H3,(H,21,23). The highest BCUT2D eigenvalue weighted by molar-refractivity contribution is 7.98. The molecule has 27 heavy (non-hydrogen) atoms. The number of aromatic nitrogens is 1. The predicted octanol–water partition coefficient (Wildman–Crippen LogP) is 3.54. The number of sulfonamides is 1. The lowest BCUT2D eigenvalue weighted by molar-refractivity contribution is 0.102. The van der Waals surface area contributed by atoms with Gasteiger partial charge in [-0.05, 0) is 55.9 Å². The Morgan fingerprint density at radius 3 is 2.63 bits per heavy atom. The van der Waals surface area contributed by atoms with Crippen molar-refractivity contribution in [1.29, 1.82) is 0 Å². The molecule has 1 N–H and O–H groups in total. The number of aryl methyl sites for hydroxylation is 1. The molecule has 1 aliphatic heterocycles. The maximum atomic E-state index is 12.9. The van der Waals surface area contributed by atoms with Gasteiger partial charge in [0.05, 0.1) is 10.5 Å². The van der Waals surface area contributed by atoms with E-state index in [1.165, 1.54) is 16.1 Å². The second-order valence-corrected chi connectivity index (χ2v) is 9.19. The zero-order chi connectivity index (χ0) is 19.4. The molecule has 1 amide bonds. The topological polar surface area (TPSA) is 79.4 Å². The van der Waals surface area contributed by atoms with Crippen LogP contribution >= 0.6 is 11.8 Å². The van der Waals surface area contributed by atoms with Crippen LogP contribution in [0.15, 0.2) is 46.5 Å². The van der Waals surface area contributed by atoms with Crippen molar-refractivity contribution < 1.29 is 13.2 Å². The number of carbonyl (C=O) groups excluding carboxylic acids is 1. The Morgan fingerprint density at radius 1 is 1.19 bits per heavy atom. The minimum absolute atomic E-state index is 0.210. The number of pyridine rings is 1. The Hall–Kier alpha value is -1.90. The van der Waals surface area contributed by atoms with E-state index < -0.39 is 10.0 Å². The van der Waals surface area contributed by atoms with E-state index in [1.807, 2.05) is 13.2 Å². The molecule has 1 aromatic carbocycles. The van der Waals surface area contributed by atoms with Crippen molar-refractivity contribution >= 4 is 33.4 Å². The molecule has 0 bridgehead atoms. The zero-order valence-corrected chi connectivity index (χ0v) is 17.1. The van der Waals surface area contributed by atoms with Crippen molar-refractivity contribution in [2.75, 3.05) is 24.7 Å². The number of anilines is 1. The fourth-order valence-corrected chi connectivity index (χ4v) is 5.16. The van der Waals surface area contributed by atoms with Crippen LogP contribution in [0.25, 0.3) is 0 Å². The van der Waals surface area contributed by atoms with E-state index in [-0.39, 0.29) is 10.8 Å². The molecule has 1 aromatic heterocycles. The number of nitrogens with one attached hydrogen (secondary N) is 1. The number of thioether (sulfide) groups is 1. The molecule has 0 unspecified atom stereocenters. The summed E-state index contributed by atoms with van der Waals surface area (Å²) < 4.78 is 27.3. The highest BCUT2D eigenvalue weighted by atomic mass is 32.2. The number of benzene rings is 1. The minimum Gasteiger partial charge on any atom is -0.322 e. The largest absolute Gasteiger partial charge is 0.322 e. The highest BCUT2D eigenvalue weighted by Crippen LogP contribution is 2.26. The summed E-state index contributed by atoms with van der Waals surface area (Å²) in [5, 5.41) is 3.47. The molecule has 8 heteroatoms. The lowest BCUT2D eigenvalue weighted by Crippen LogP contribution is -2.35. The van der Waals surface area contributed by atoms with Crippen molar-refractivity contribution in [3.8, 4) is 0 Å². The Labute approximate surface area is 164 Å². The summed E-state index contributed by atoms with van der Waals surface area (Å²) in [6.45, 7) is 2.93. The van der Waals surface area contributed by atoms with E-state index >= 15 is 0 Å². The van der Waals surface area contributed by atoms with E-state index in [2.05, 4.69) is 10.3 Å². The van der Waals surface area contributed by atoms with Crippen LogP contribution in [0.1, 0.15) is 35.2 Å². The molecule has 2 heterocycles. The number of piperidine rings is 1. The minimum atomic E-state index is -3.55. The maximum absolute atomic E-state index is 12.9. The van der Waals surface area contributed by atoms with Gasteiger partial charge in [-0.15, -0.1) is 11.8 Å². The first-order chi connectivity index (χ1) is 12.9. The molecule has 1 aliphatic rings. The molecule has 1 fully saturated rings. The molecule has 0 radical (unpaired) electrons. The third kappa shape index (κ3) is 4.34. The summed E-state index contributed by atoms with van der Waals surface area (Å²) in [5.74, 6) is -0.303. The van der Waals surface area contributed by atoms with Gasteiger partial charge in [0.2, 0.25) is 10.0 Å². The van der Waals surface area contributed by atoms with Gasteiger partial charge in [0.25, 0.3) is 5.91 Å². The normalized spacial score (nSPS) is 15.5. The molecule has 1 saturated heterocycles. The first kappa shape index (κ1) is 19.9. The van der Waals surface area contributed by atoms with Gasteiger partial charge in [-0.25, -0.2) is 13.4 Å². The van der Waals surface area contributed by atoms with Crippen LogP contribution in [0.3, 0.4) is 0 Å². The SMILES string of the molecule is CSc1ncccc1C(=O)Nc1cc(S(=O)(=O)N2CCCCC2)ccc1C. The van der Waals surface area contributed by atoms with Crippen LogP contribution in [0, 0.1) is 6.92 Å². The number of hydrogen-bond acceptors (Lipinski definition) is 5. The fourth-order valence-electron chi connectivity index (χ4n) is 3.07. The quantitative estimate of drug-likeness (QED) is 0.770. The van der Waals surface area contributed by atoms with Gasteiger partial charge in [-0.2, -0.15) is 4.31 Å². The molecule has 0 aliphatic carbocycles. The molecule has 6 nitrogen and oxygen atoms in total. The first-order valence-electron chi connectivity index (χ1n) is 8.84. The van der Waals surface area contributed by atoms with Crippen LogP contribution < -0.4 is 5.32 Å². The van der Waals surface area contributed by atoms with Gasteiger partial charge in [0.1, 0.15) is 5.03 Å². The van der Waals surface area contributed by atoms with Crippen LogP contribution in [0.5, 0.6) is 0 Å². The van der Waals surface area contributed by atoms with E-state index in [1.54, 1.807) is 36.5 Å². The Morgan fingerprint density at radius 2 is 1.93 bits per heavy atom. The lowest BCUT2D eigenvalue weighted by Gasteiger charge is -2.26. The van der Waals surface area contributed by atoms with Gasteiger partial charge < -0.3 is 5.32 Å². The number of amides is 1. The Kier molecular flexibility index (Phi) is 6.18. The van der Waals surface area contributed by atoms with Gasteiger partial charge in [0, 0.05) is 25.0 Å². The Bertz CT molecular complexity index is 939. The number of carbonyl (C=O) groups is 1.